The highest BCUT2D eigenvalue weighted by atomic mass is 32.1. The van der Waals surface area contributed by atoms with Gasteiger partial charge in [-0.1, -0.05) is 24.3 Å². The molecule has 3 rings (SSSR count). The fourth-order valence-electron chi connectivity index (χ4n) is 2.71. The molecule has 2 nitrogen and oxygen atoms in total. The van der Waals surface area contributed by atoms with E-state index in [1.54, 1.807) is 11.3 Å². The Kier molecular flexibility index (Phi) is 2.63. The number of aromatic nitrogens is 1. The average molecular weight is 244 g/mol. The van der Waals surface area contributed by atoms with Crippen molar-refractivity contribution in [3.63, 3.8) is 0 Å². The molecule has 2 N–H and O–H groups in total. The van der Waals surface area contributed by atoms with E-state index < -0.39 is 0 Å². The number of nitrogen functional groups attached to an aromatic ring is 1. The molecule has 0 saturated carbocycles. The quantitative estimate of drug-likeness (QED) is 0.833. The second-order valence-electron chi connectivity index (χ2n) is 4.66. The first-order chi connectivity index (χ1) is 8.25. The smallest absolute Gasteiger partial charge is 0.180 e. The van der Waals surface area contributed by atoms with E-state index >= 15 is 0 Å². The van der Waals surface area contributed by atoms with Crippen molar-refractivity contribution in [2.24, 2.45) is 0 Å². The number of nitrogens with zero attached hydrogens (tertiary/aromatic N) is 1. The van der Waals surface area contributed by atoms with Gasteiger partial charge in [0.1, 0.15) is 0 Å². The molecule has 0 radical (unpaired) electrons. The summed E-state index contributed by atoms with van der Waals surface area (Å²) in [6.45, 7) is 2.19. The molecule has 0 fully saturated rings. The summed E-state index contributed by atoms with van der Waals surface area (Å²) in [7, 11) is 0. The van der Waals surface area contributed by atoms with E-state index in [1.807, 2.05) is 0 Å². The van der Waals surface area contributed by atoms with Gasteiger partial charge in [-0.3, -0.25) is 0 Å². The van der Waals surface area contributed by atoms with Gasteiger partial charge >= 0.3 is 0 Å². The molecule has 1 atom stereocenters. The normalized spacial score (nSPS) is 19.0. The van der Waals surface area contributed by atoms with Gasteiger partial charge in [0.25, 0.3) is 0 Å². The molecule has 88 valence electrons. The van der Waals surface area contributed by atoms with Crippen LogP contribution in [0.15, 0.2) is 24.3 Å². The Hall–Kier alpha value is -1.35. The van der Waals surface area contributed by atoms with Gasteiger partial charge in [-0.25, -0.2) is 4.98 Å². The molecule has 0 saturated heterocycles. The van der Waals surface area contributed by atoms with Crippen LogP contribution in [-0.2, 0) is 6.42 Å². The predicted molar refractivity (Wildman–Crippen MR) is 72.5 cm³/mol. The van der Waals surface area contributed by atoms with Gasteiger partial charge in [0.15, 0.2) is 5.13 Å². The first-order valence-corrected chi connectivity index (χ1v) is 6.88. The second-order valence-corrected chi connectivity index (χ2v) is 5.73. The molecule has 1 unspecified atom stereocenters. The van der Waals surface area contributed by atoms with Crippen molar-refractivity contribution in [3.8, 4) is 0 Å². The zero-order valence-electron chi connectivity index (χ0n) is 9.94. The molecule has 1 heterocycles. The van der Waals surface area contributed by atoms with Crippen LogP contribution in [0.4, 0.5) is 5.13 Å². The Labute approximate surface area is 106 Å². The highest BCUT2D eigenvalue weighted by molar-refractivity contribution is 7.15. The third-order valence-electron chi connectivity index (χ3n) is 3.53. The second kappa shape index (κ2) is 4.15. The molecule has 1 aliphatic carbocycles. The maximum Gasteiger partial charge on any atom is 0.180 e. The third kappa shape index (κ3) is 1.84. The number of aryl methyl sites for hydroxylation is 2. The van der Waals surface area contributed by atoms with E-state index in [0.717, 1.165) is 11.6 Å². The molecule has 0 spiro atoms. The lowest BCUT2D eigenvalue weighted by Crippen LogP contribution is -2.10. The number of anilines is 1. The summed E-state index contributed by atoms with van der Waals surface area (Å²) >= 11 is 1.67. The minimum Gasteiger partial charge on any atom is -0.375 e. The first kappa shape index (κ1) is 10.8. The molecule has 2 aromatic rings. The number of hydrogen-bond acceptors (Lipinski definition) is 3. The lowest BCUT2D eigenvalue weighted by Gasteiger charge is -2.23. The topological polar surface area (TPSA) is 38.9 Å². The van der Waals surface area contributed by atoms with E-state index in [9.17, 15) is 0 Å². The first-order valence-electron chi connectivity index (χ1n) is 6.06. The number of benzene rings is 1. The lowest BCUT2D eigenvalue weighted by atomic mass is 9.84. The predicted octanol–water partition coefficient (Wildman–Crippen LogP) is 3.50. The molecule has 0 aliphatic heterocycles. The van der Waals surface area contributed by atoms with Crippen LogP contribution < -0.4 is 5.73 Å². The van der Waals surface area contributed by atoms with Crippen LogP contribution in [0.1, 0.15) is 40.5 Å². The average Bonchev–Trinajstić information content (AvgIpc) is 2.70. The van der Waals surface area contributed by atoms with Crippen molar-refractivity contribution in [1.82, 2.24) is 4.98 Å². The summed E-state index contributed by atoms with van der Waals surface area (Å²) in [6, 6.07) is 8.66. The van der Waals surface area contributed by atoms with Crippen LogP contribution in [0.2, 0.25) is 0 Å². The number of rotatable bonds is 1. The van der Waals surface area contributed by atoms with Crippen LogP contribution in [-0.4, -0.2) is 4.98 Å². The Morgan fingerprint density at radius 1 is 1.35 bits per heavy atom. The van der Waals surface area contributed by atoms with Crippen molar-refractivity contribution in [2.45, 2.75) is 32.1 Å². The summed E-state index contributed by atoms with van der Waals surface area (Å²) in [5.74, 6) is 0.509. The molecule has 0 bridgehead atoms. The summed E-state index contributed by atoms with van der Waals surface area (Å²) in [6.07, 6.45) is 3.53. The van der Waals surface area contributed by atoms with Crippen molar-refractivity contribution >= 4 is 16.5 Å². The van der Waals surface area contributed by atoms with Gasteiger partial charge in [-0.2, -0.15) is 0 Å². The third-order valence-corrected chi connectivity index (χ3v) is 4.57. The van der Waals surface area contributed by atoms with E-state index in [0.29, 0.717) is 5.92 Å². The van der Waals surface area contributed by atoms with Gasteiger partial charge in [0.2, 0.25) is 0 Å². The highest BCUT2D eigenvalue weighted by Crippen LogP contribution is 2.41. The minimum absolute atomic E-state index is 0.509. The maximum absolute atomic E-state index is 5.84. The summed E-state index contributed by atoms with van der Waals surface area (Å²) < 4.78 is 0. The summed E-state index contributed by atoms with van der Waals surface area (Å²) in [5.41, 5.74) is 9.89. The van der Waals surface area contributed by atoms with E-state index in [1.165, 1.54) is 34.5 Å². The summed E-state index contributed by atoms with van der Waals surface area (Å²) in [4.78, 5) is 5.84. The SMILES string of the molecule is Cc1ccccc1C1CCCc2nc(N)sc21. The standard InChI is InChI=1S/C14H16N2S/c1-9-5-2-3-6-10(9)11-7-4-8-12-13(11)17-14(15)16-12/h2-3,5-6,11H,4,7-8H2,1H3,(H2,15,16). The Balaban J connectivity index is 2.09. The minimum atomic E-state index is 0.509. The summed E-state index contributed by atoms with van der Waals surface area (Å²) in [5, 5.41) is 0.718. The van der Waals surface area contributed by atoms with Crippen molar-refractivity contribution < 1.29 is 0 Å². The van der Waals surface area contributed by atoms with Crippen LogP contribution in [0.25, 0.3) is 0 Å². The molecule has 17 heavy (non-hydrogen) atoms. The largest absolute Gasteiger partial charge is 0.375 e. The van der Waals surface area contributed by atoms with E-state index in [4.69, 9.17) is 5.73 Å². The Morgan fingerprint density at radius 2 is 2.18 bits per heavy atom. The lowest BCUT2D eigenvalue weighted by molar-refractivity contribution is 0.615. The molecule has 1 aromatic heterocycles. The van der Waals surface area contributed by atoms with Gasteiger partial charge in [-0.05, 0) is 37.3 Å². The van der Waals surface area contributed by atoms with Crippen LogP contribution in [0.3, 0.4) is 0 Å². The van der Waals surface area contributed by atoms with Gasteiger partial charge < -0.3 is 5.73 Å². The van der Waals surface area contributed by atoms with Gasteiger partial charge in [-0.15, -0.1) is 11.3 Å². The number of fused-ring (bicyclic) bond motifs is 1. The Morgan fingerprint density at radius 3 is 3.00 bits per heavy atom. The van der Waals surface area contributed by atoms with E-state index in [-0.39, 0.29) is 0 Å². The van der Waals surface area contributed by atoms with Crippen LogP contribution in [0, 0.1) is 6.92 Å². The zero-order valence-corrected chi connectivity index (χ0v) is 10.8. The van der Waals surface area contributed by atoms with Crippen LogP contribution >= 0.6 is 11.3 Å². The fourth-order valence-corrected chi connectivity index (χ4v) is 3.75. The number of hydrogen-bond donors (Lipinski definition) is 1. The molecule has 1 aromatic carbocycles. The van der Waals surface area contributed by atoms with Gasteiger partial charge in [0, 0.05) is 10.8 Å². The van der Waals surface area contributed by atoms with E-state index in [2.05, 4.69) is 36.2 Å². The highest BCUT2D eigenvalue weighted by Gasteiger charge is 2.26. The fraction of sp³-hybridized carbons (Fsp3) is 0.357. The molecular formula is C14H16N2S. The number of thiazole rings is 1. The number of nitrogens with two attached hydrogens (primary N) is 1. The monoisotopic (exact) mass is 244 g/mol. The van der Waals surface area contributed by atoms with Crippen molar-refractivity contribution in [1.29, 1.82) is 0 Å². The van der Waals surface area contributed by atoms with Crippen molar-refractivity contribution in [2.75, 3.05) is 5.73 Å². The zero-order chi connectivity index (χ0) is 11.8. The molecule has 3 heteroatoms. The van der Waals surface area contributed by atoms with Gasteiger partial charge in [0.05, 0.1) is 5.69 Å². The van der Waals surface area contributed by atoms with Crippen molar-refractivity contribution in [3.05, 3.63) is 46.0 Å². The maximum atomic E-state index is 5.84. The molecule has 1 aliphatic rings. The Bertz CT molecular complexity index is 545. The molecule has 0 amide bonds. The van der Waals surface area contributed by atoms with Crippen LogP contribution in [0.5, 0.6) is 0 Å². The molecular weight excluding hydrogens is 228 g/mol.